The van der Waals surface area contributed by atoms with Gasteiger partial charge in [-0.25, -0.2) is 0 Å². The van der Waals surface area contributed by atoms with Crippen LogP contribution in [0.3, 0.4) is 0 Å². The fourth-order valence-corrected chi connectivity index (χ4v) is 1.06. The van der Waals surface area contributed by atoms with Gasteiger partial charge in [-0.1, -0.05) is 12.2 Å². The van der Waals surface area contributed by atoms with Crippen LogP contribution in [-0.4, -0.2) is 22.4 Å². The molecule has 0 saturated carbocycles. The van der Waals surface area contributed by atoms with Crippen LogP contribution in [0.4, 0.5) is 0 Å². The van der Waals surface area contributed by atoms with Crippen LogP contribution in [0.15, 0.2) is 18.5 Å². The first kappa shape index (κ1) is 10.6. The molecule has 0 radical (unpaired) electrons. The Bertz CT molecular complexity index is 365. The molecule has 0 aliphatic heterocycles. The van der Waals surface area contributed by atoms with Gasteiger partial charge >= 0.3 is 0 Å². The maximum Gasteiger partial charge on any atom is 0.252 e. The molecule has 74 valence electrons. The van der Waals surface area contributed by atoms with Crippen LogP contribution < -0.4 is 11.1 Å². The summed E-state index contributed by atoms with van der Waals surface area (Å²) in [6, 6.07) is 1.66. The zero-order valence-corrected chi connectivity index (χ0v) is 8.60. The number of aromatic nitrogens is 1. The Labute approximate surface area is 87.5 Å². The summed E-state index contributed by atoms with van der Waals surface area (Å²) >= 11 is 4.65. The highest BCUT2D eigenvalue weighted by Crippen LogP contribution is 2.03. The van der Waals surface area contributed by atoms with Crippen LogP contribution >= 0.6 is 12.2 Å². The van der Waals surface area contributed by atoms with E-state index in [1.807, 2.05) is 6.92 Å². The van der Waals surface area contributed by atoms with E-state index in [4.69, 9.17) is 5.73 Å². The average Bonchev–Trinajstić information content (AvgIpc) is 2.15. The van der Waals surface area contributed by atoms with E-state index in [0.29, 0.717) is 5.56 Å². The molecule has 0 aromatic carbocycles. The number of pyridine rings is 1. The van der Waals surface area contributed by atoms with Crippen molar-refractivity contribution in [3.05, 3.63) is 29.6 Å². The highest BCUT2D eigenvalue weighted by Gasteiger charge is 2.07. The van der Waals surface area contributed by atoms with Gasteiger partial charge in [0.2, 0.25) is 0 Å². The molecular formula is C9H11N3OS. The van der Waals surface area contributed by atoms with E-state index in [1.165, 1.54) is 0 Å². The number of amides is 1. The first-order valence-electron chi connectivity index (χ1n) is 4.08. The standard InChI is InChI=1S/C9H11N3OS/c1-6-4-11-3-2-7(6)9(13)12-5-8(10)14/h2-4H,5H2,1H3,(H2,10,14)(H,12,13). The summed E-state index contributed by atoms with van der Waals surface area (Å²) in [5.74, 6) is -0.183. The fraction of sp³-hybridized carbons (Fsp3) is 0.222. The van der Waals surface area contributed by atoms with Gasteiger partial charge in [0.25, 0.3) is 5.91 Å². The number of nitrogens with zero attached hydrogens (tertiary/aromatic N) is 1. The quantitative estimate of drug-likeness (QED) is 0.707. The highest BCUT2D eigenvalue weighted by molar-refractivity contribution is 7.80. The number of rotatable bonds is 3. The van der Waals surface area contributed by atoms with Crippen LogP contribution in [0.25, 0.3) is 0 Å². The van der Waals surface area contributed by atoms with Crippen molar-refractivity contribution in [1.82, 2.24) is 10.3 Å². The summed E-state index contributed by atoms with van der Waals surface area (Å²) in [6.07, 6.45) is 3.21. The van der Waals surface area contributed by atoms with Crippen molar-refractivity contribution in [1.29, 1.82) is 0 Å². The topological polar surface area (TPSA) is 68.0 Å². The Morgan fingerprint density at radius 3 is 3.00 bits per heavy atom. The third-order valence-corrected chi connectivity index (χ3v) is 1.83. The molecule has 0 unspecified atom stereocenters. The van der Waals surface area contributed by atoms with Crippen molar-refractivity contribution >= 4 is 23.1 Å². The number of nitrogens with two attached hydrogens (primary N) is 1. The monoisotopic (exact) mass is 209 g/mol. The summed E-state index contributed by atoms with van der Waals surface area (Å²) in [7, 11) is 0. The molecule has 0 aliphatic carbocycles. The summed E-state index contributed by atoms with van der Waals surface area (Å²) in [5, 5.41) is 2.61. The lowest BCUT2D eigenvalue weighted by molar-refractivity contribution is 0.0958. The van der Waals surface area contributed by atoms with E-state index < -0.39 is 0 Å². The molecular weight excluding hydrogens is 198 g/mol. The van der Waals surface area contributed by atoms with Crippen LogP contribution in [0.2, 0.25) is 0 Å². The van der Waals surface area contributed by atoms with Crippen molar-refractivity contribution in [3.63, 3.8) is 0 Å². The van der Waals surface area contributed by atoms with Gasteiger partial charge in [-0.3, -0.25) is 9.78 Å². The summed E-state index contributed by atoms with van der Waals surface area (Å²) in [4.78, 5) is 15.7. The van der Waals surface area contributed by atoms with Gasteiger partial charge in [0.15, 0.2) is 0 Å². The van der Waals surface area contributed by atoms with Gasteiger partial charge in [-0.2, -0.15) is 0 Å². The third kappa shape index (κ3) is 2.77. The van der Waals surface area contributed by atoms with E-state index in [1.54, 1.807) is 18.5 Å². The van der Waals surface area contributed by atoms with E-state index >= 15 is 0 Å². The summed E-state index contributed by atoms with van der Waals surface area (Å²) in [6.45, 7) is 2.04. The summed E-state index contributed by atoms with van der Waals surface area (Å²) in [5.41, 5.74) is 6.68. The number of carbonyl (C=O) groups excluding carboxylic acids is 1. The molecule has 5 heteroatoms. The minimum atomic E-state index is -0.183. The Balaban J connectivity index is 2.70. The van der Waals surface area contributed by atoms with Crippen molar-refractivity contribution in [2.24, 2.45) is 5.73 Å². The average molecular weight is 209 g/mol. The summed E-state index contributed by atoms with van der Waals surface area (Å²) < 4.78 is 0. The highest BCUT2D eigenvalue weighted by atomic mass is 32.1. The predicted molar refractivity (Wildman–Crippen MR) is 58.1 cm³/mol. The smallest absolute Gasteiger partial charge is 0.252 e. The molecule has 1 rings (SSSR count). The SMILES string of the molecule is Cc1cnccc1C(=O)NCC(N)=S. The largest absolute Gasteiger partial charge is 0.392 e. The van der Waals surface area contributed by atoms with Gasteiger partial charge in [-0.05, 0) is 18.6 Å². The molecule has 0 aliphatic rings. The number of carbonyl (C=O) groups is 1. The van der Waals surface area contributed by atoms with E-state index in [-0.39, 0.29) is 17.4 Å². The molecule has 0 bridgehead atoms. The van der Waals surface area contributed by atoms with Crippen molar-refractivity contribution in [2.45, 2.75) is 6.92 Å². The van der Waals surface area contributed by atoms with Crippen molar-refractivity contribution < 1.29 is 4.79 Å². The normalized spacial score (nSPS) is 9.50. The Hall–Kier alpha value is -1.49. The maximum atomic E-state index is 11.5. The van der Waals surface area contributed by atoms with E-state index in [0.717, 1.165) is 5.56 Å². The number of aryl methyl sites for hydroxylation is 1. The molecule has 1 aromatic rings. The van der Waals surface area contributed by atoms with E-state index in [9.17, 15) is 4.79 Å². The first-order valence-corrected chi connectivity index (χ1v) is 4.49. The zero-order chi connectivity index (χ0) is 10.6. The second-order valence-corrected chi connectivity index (χ2v) is 3.36. The second kappa shape index (κ2) is 4.66. The molecule has 1 aromatic heterocycles. The molecule has 14 heavy (non-hydrogen) atoms. The lowest BCUT2D eigenvalue weighted by atomic mass is 10.1. The molecule has 0 fully saturated rings. The van der Waals surface area contributed by atoms with Gasteiger partial charge in [0.1, 0.15) is 0 Å². The number of hydrogen-bond acceptors (Lipinski definition) is 3. The number of thiocarbonyl (C=S) groups is 1. The van der Waals surface area contributed by atoms with Gasteiger partial charge < -0.3 is 11.1 Å². The predicted octanol–water partition coefficient (Wildman–Crippen LogP) is 0.406. The molecule has 4 nitrogen and oxygen atoms in total. The molecule has 0 spiro atoms. The maximum absolute atomic E-state index is 11.5. The second-order valence-electron chi connectivity index (χ2n) is 2.84. The van der Waals surface area contributed by atoms with Crippen LogP contribution in [0.5, 0.6) is 0 Å². The fourth-order valence-electron chi connectivity index (χ4n) is 0.991. The zero-order valence-electron chi connectivity index (χ0n) is 7.78. The van der Waals surface area contributed by atoms with Crippen molar-refractivity contribution in [3.8, 4) is 0 Å². The lowest BCUT2D eigenvalue weighted by Gasteiger charge is -2.05. The minimum absolute atomic E-state index is 0.183. The van der Waals surface area contributed by atoms with Crippen LogP contribution in [0.1, 0.15) is 15.9 Å². The van der Waals surface area contributed by atoms with Gasteiger partial charge in [0, 0.05) is 18.0 Å². The molecule has 3 N–H and O–H groups in total. The third-order valence-electron chi connectivity index (χ3n) is 1.69. The Kier molecular flexibility index (Phi) is 3.53. The molecule has 0 saturated heterocycles. The van der Waals surface area contributed by atoms with Crippen LogP contribution in [0, 0.1) is 6.92 Å². The number of nitrogens with one attached hydrogen (secondary N) is 1. The first-order chi connectivity index (χ1) is 6.61. The molecule has 1 amide bonds. The van der Waals surface area contributed by atoms with Gasteiger partial charge in [-0.15, -0.1) is 0 Å². The Morgan fingerprint density at radius 2 is 2.43 bits per heavy atom. The van der Waals surface area contributed by atoms with Gasteiger partial charge in [0.05, 0.1) is 11.5 Å². The molecule has 1 heterocycles. The Morgan fingerprint density at radius 1 is 1.71 bits per heavy atom. The van der Waals surface area contributed by atoms with E-state index in [2.05, 4.69) is 22.5 Å². The molecule has 0 atom stereocenters. The van der Waals surface area contributed by atoms with Crippen molar-refractivity contribution in [2.75, 3.05) is 6.54 Å². The minimum Gasteiger partial charge on any atom is -0.392 e. The lowest BCUT2D eigenvalue weighted by Crippen LogP contribution is -2.32. The number of hydrogen-bond donors (Lipinski definition) is 2. The van der Waals surface area contributed by atoms with Crippen LogP contribution in [-0.2, 0) is 0 Å².